The van der Waals surface area contributed by atoms with Crippen molar-refractivity contribution in [1.29, 1.82) is 0 Å². The zero-order valence-electron chi connectivity index (χ0n) is 11.6. The number of aromatic hydroxyl groups is 1. The van der Waals surface area contributed by atoms with E-state index in [1.165, 1.54) is 12.1 Å². The molecule has 2 aromatic carbocycles. The van der Waals surface area contributed by atoms with Gasteiger partial charge in [0.2, 0.25) is 5.78 Å². The molecule has 0 aliphatic rings. The minimum atomic E-state index is -4.52. The maximum absolute atomic E-state index is 13.0. The molecule has 0 atom stereocenters. The van der Waals surface area contributed by atoms with Crippen LogP contribution in [0.5, 0.6) is 11.5 Å². The van der Waals surface area contributed by atoms with Gasteiger partial charge in [-0.3, -0.25) is 4.79 Å². The highest BCUT2D eigenvalue weighted by Gasteiger charge is 2.29. The van der Waals surface area contributed by atoms with Gasteiger partial charge >= 0.3 is 10.1 Å². The second kappa shape index (κ2) is 6.49. The van der Waals surface area contributed by atoms with Gasteiger partial charge in [0, 0.05) is 12.3 Å². The number of hydrogen-bond donors (Lipinski definition) is 2. The highest BCUT2D eigenvalue weighted by molar-refractivity contribution is 7.92. The minimum absolute atomic E-state index is 0.0111. The molecular weight excluding hydrogens is 325 g/mol. The number of Topliss-reactive ketones (excluding diaryl/α,β-unsaturated/α-hetero) is 1. The van der Waals surface area contributed by atoms with Crippen molar-refractivity contribution in [3.63, 3.8) is 0 Å². The molecule has 8 heteroatoms. The number of halogens is 1. The molecule has 120 valence electrons. The molecule has 2 rings (SSSR count). The number of para-hydroxylation sites is 1. The SMILES string of the molecule is N/C=C(/C(=O)c1ccc(F)cc1O)S(=O)(=O)Oc1ccccc1. The monoisotopic (exact) mass is 337 g/mol. The summed E-state index contributed by atoms with van der Waals surface area (Å²) in [5, 5.41) is 9.60. The first-order valence-electron chi connectivity index (χ1n) is 6.30. The van der Waals surface area contributed by atoms with Gasteiger partial charge in [-0.1, -0.05) is 18.2 Å². The van der Waals surface area contributed by atoms with Crippen molar-refractivity contribution < 1.29 is 26.9 Å². The average molecular weight is 337 g/mol. The Morgan fingerprint density at radius 1 is 1.17 bits per heavy atom. The Hall–Kier alpha value is -2.87. The highest BCUT2D eigenvalue weighted by atomic mass is 32.2. The van der Waals surface area contributed by atoms with Gasteiger partial charge in [-0.05, 0) is 24.3 Å². The van der Waals surface area contributed by atoms with Gasteiger partial charge in [0.05, 0.1) is 5.56 Å². The Labute approximate surface area is 131 Å². The van der Waals surface area contributed by atoms with Gasteiger partial charge in [0.25, 0.3) is 0 Å². The largest absolute Gasteiger partial charge is 0.507 e. The smallest absolute Gasteiger partial charge is 0.344 e. The number of allylic oxidation sites excluding steroid dienone is 1. The number of benzene rings is 2. The fourth-order valence-electron chi connectivity index (χ4n) is 1.75. The summed E-state index contributed by atoms with van der Waals surface area (Å²) in [6.07, 6.45) is 0.559. The number of nitrogens with two attached hydrogens (primary N) is 1. The molecule has 0 unspecified atom stereocenters. The van der Waals surface area contributed by atoms with Crippen molar-refractivity contribution in [3.8, 4) is 11.5 Å². The molecule has 0 saturated carbocycles. The fraction of sp³-hybridized carbons (Fsp3) is 0. The second-order valence-corrected chi connectivity index (χ2v) is 5.89. The lowest BCUT2D eigenvalue weighted by Gasteiger charge is -2.10. The summed E-state index contributed by atoms with van der Waals surface area (Å²) in [4.78, 5) is 11.4. The van der Waals surface area contributed by atoms with Gasteiger partial charge in [0.1, 0.15) is 17.3 Å². The second-order valence-electron chi connectivity index (χ2n) is 4.37. The molecule has 0 heterocycles. The molecule has 0 aliphatic heterocycles. The van der Waals surface area contributed by atoms with Crippen LogP contribution in [0.25, 0.3) is 0 Å². The van der Waals surface area contributed by atoms with Crippen molar-refractivity contribution in [2.45, 2.75) is 0 Å². The van der Waals surface area contributed by atoms with Crippen LogP contribution in [0.15, 0.2) is 59.6 Å². The molecule has 0 bridgehead atoms. The minimum Gasteiger partial charge on any atom is -0.507 e. The van der Waals surface area contributed by atoms with Crippen LogP contribution in [0, 0.1) is 5.82 Å². The molecule has 23 heavy (non-hydrogen) atoms. The first-order chi connectivity index (χ1) is 10.8. The molecule has 0 saturated heterocycles. The van der Waals surface area contributed by atoms with E-state index in [4.69, 9.17) is 9.92 Å². The van der Waals surface area contributed by atoms with E-state index in [9.17, 15) is 22.7 Å². The fourth-order valence-corrected chi connectivity index (χ4v) is 2.71. The molecule has 0 radical (unpaired) electrons. The van der Waals surface area contributed by atoms with E-state index in [0.717, 1.165) is 12.1 Å². The summed E-state index contributed by atoms with van der Waals surface area (Å²) in [5.74, 6) is -2.60. The van der Waals surface area contributed by atoms with Crippen molar-refractivity contribution in [1.82, 2.24) is 0 Å². The van der Waals surface area contributed by atoms with Crippen LogP contribution in [-0.2, 0) is 10.1 Å². The van der Waals surface area contributed by atoms with E-state index in [2.05, 4.69) is 0 Å². The van der Waals surface area contributed by atoms with Gasteiger partial charge in [0.15, 0.2) is 4.91 Å². The summed E-state index contributed by atoms with van der Waals surface area (Å²) >= 11 is 0. The first-order valence-corrected chi connectivity index (χ1v) is 7.70. The van der Waals surface area contributed by atoms with Crippen LogP contribution >= 0.6 is 0 Å². The van der Waals surface area contributed by atoms with Crippen LogP contribution < -0.4 is 9.92 Å². The Balaban J connectivity index is 2.37. The van der Waals surface area contributed by atoms with Crippen molar-refractivity contribution in [2.24, 2.45) is 5.73 Å². The molecule has 0 amide bonds. The Bertz CT molecular complexity index is 863. The van der Waals surface area contributed by atoms with E-state index in [1.807, 2.05) is 0 Å². The number of phenols is 1. The standard InChI is InChI=1S/C15H12FNO5S/c16-10-6-7-12(13(18)8-10)15(19)14(9-17)23(20,21)22-11-4-2-1-3-5-11/h1-9,18H,17H2/b14-9-. The van der Waals surface area contributed by atoms with E-state index in [0.29, 0.717) is 12.3 Å². The average Bonchev–Trinajstić information content (AvgIpc) is 2.47. The Morgan fingerprint density at radius 2 is 1.83 bits per heavy atom. The zero-order chi connectivity index (χ0) is 17.0. The molecular formula is C15H12FNO5S. The van der Waals surface area contributed by atoms with Crippen LogP contribution in [0.3, 0.4) is 0 Å². The molecule has 0 aromatic heterocycles. The number of carbonyl (C=O) groups is 1. The van der Waals surface area contributed by atoms with Gasteiger partial charge in [-0.25, -0.2) is 4.39 Å². The van der Waals surface area contributed by atoms with Crippen LogP contribution in [0.2, 0.25) is 0 Å². The number of rotatable bonds is 5. The number of carbonyl (C=O) groups excluding carboxylic acids is 1. The van der Waals surface area contributed by atoms with Gasteiger partial charge < -0.3 is 15.0 Å². The van der Waals surface area contributed by atoms with Gasteiger partial charge in [-0.15, -0.1) is 0 Å². The summed E-state index contributed by atoms with van der Waals surface area (Å²) in [6, 6.07) is 10.1. The first kappa shape index (κ1) is 16.5. The summed E-state index contributed by atoms with van der Waals surface area (Å²) in [5.41, 5.74) is 4.82. The summed E-state index contributed by atoms with van der Waals surface area (Å²) in [6.45, 7) is 0. The normalized spacial score (nSPS) is 12.0. The predicted molar refractivity (Wildman–Crippen MR) is 80.7 cm³/mol. The third kappa shape index (κ3) is 3.67. The lowest BCUT2D eigenvalue weighted by Crippen LogP contribution is -2.20. The maximum atomic E-state index is 13.0. The molecule has 0 aliphatic carbocycles. The maximum Gasteiger partial charge on any atom is 0.344 e. The zero-order valence-corrected chi connectivity index (χ0v) is 12.5. The van der Waals surface area contributed by atoms with Crippen LogP contribution in [0.1, 0.15) is 10.4 Å². The van der Waals surface area contributed by atoms with E-state index < -0.39 is 37.9 Å². The summed E-state index contributed by atoms with van der Waals surface area (Å²) < 4.78 is 42.1. The third-order valence-electron chi connectivity index (χ3n) is 2.80. The molecule has 2 aromatic rings. The lowest BCUT2D eigenvalue weighted by molar-refractivity contribution is 0.103. The molecule has 0 fully saturated rings. The number of ketones is 1. The van der Waals surface area contributed by atoms with Crippen LogP contribution in [-0.4, -0.2) is 19.3 Å². The van der Waals surface area contributed by atoms with E-state index in [1.54, 1.807) is 18.2 Å². The lowest BCUT2D eigenvalue weighted by atomic mass is 10.1. The Kier molecular flexibility index (Phi) is 4.65. The van der Waals surface area contributed by atoms with Crippen molar-refractivity contribution >= 4 is 15.9 Å². The topological polar surface area (TPSA) is 107 Å². The molecule has 3 N–H and O–H groups in total. The molecule has 0 spiro atoms. The quantitative estimate of drug-likeness (QED) is 0.490. The molecule has 6 nitrogen and oxygen atoms in total. The van der Waals surface area contributed by atoms with Crippen molar-refractivity contribution in [2.75, 3.05) is 0 Å². The highest BCUT2D eigenvalue weighted by Crippen LogP contribution is 2.25. The summed E-state index contributed by atoms with van der Waals surface area (Å²) in [7, 11) is -4.52. The Morgan fingerprint density at radius 3 is 2.39 bits per heavy atom. The predicted octanol–water partition coefficient (Wildman–Crippen LogP) is 1.92. The van der Waals surface area contributed by atoms with E-state index in [-0.39, 0.29) is 5.75 Å². The van der Waals surface area contributed by atoms with Crippen LogP contribution in [0.4, 0.5) is 4.39 Å². The number of phenolic OH excluding ortho intramolecular Hbond substituents is 1. The van der Waals surface area contributed by atoms with E-state index >= 15 is 0 Å². The van der Waals surface area contributed by atoms with Gasteiger partial charge in [-0.2, -0.15) is 8.42 Å². The third-order valence-corrected chi connectivity index (χ3v) is 4.07. The number of hydrogen-bond acceptors (Lipinski definition) is 6. The van der Waals surface area contributed by atoms with Crippen molar-refractivity contribution in [3.05, 3.63) is 71.0 Å².